The van der Waals surface area contributed by atoms with Gasteiger partial charge in [0, 0.05) is 30.8 Å². The van der Waals surface area contributed by atoms with Crippen LogP contribution >= 0.6 is 0 Å². The number of aromatic nitrogens is 1. The van der Waals surface area contributed by atoms with Crippen molar-refractivity contribution in [1.82, 2.24) is 30.1 Å². The highest BCUT2D eigenvalue weighted by atomic mass is 32.2. The molecule has 0 radical (unpaired) electrons. The van der Waals surface area contributed by atoms with E-state index >= 15 is 4.79 Å². The van der Waals surface area contributed by atoms with Crippen molar-refractivity contribution in [2.24, 2.45) is 17.8 Å². The molecule has 0 spiro atoms. The highest BCUT2D eigenvalue weighted by Crippen LogP contribution is 2.46. The summed E-state index contributed by atoms with van der Waals surface area (Å²) < 4.78 is 47.4. The van der Waals surface area contributed by atoms with E-state index in [9.17, 15) is 27.6 Å². The maximum Gasteiger partial charge on any atom is 0.408 e. The lowest BCUT2D eigenvalue weighted by molar-refractivity contribution is -0.142. The third-order valence-corrected chi connectivity index (χ3v) is 16.3. The summed E-state index contributed by atoms with van der Waals surface area (Å²) in [6.45, 7) is 4.98. The Labute approximate surface area is 374 Å². The fraction of sp³-hybridized carbons (Fsp3) is 0.617. The average molecular weight is 901 g/mol. The van der Waals surface area contributed by atoms with E-state index in [0.29, 0.717) is 67.4 Å². The molecule has 7 aliphatic rings. The predicted molar refractivity (Wildman–Crippen MR) is 235 cm³/mol. The molecule has 16 nitrogen and oxygen atoms in total. The Morgan fingerprint density at radius 1 is 0.953 bits per heavy atom. The first kappa shape index (κ1) is 44.0. The van der Waals surface area contributed by atoms with Gasteiger partial charge < -0.3 is 34.6 Å². The second-order valence-electron chi connectivity index (χ2n) is 18.8. The van der Waals surface area contributed by atoms with Crippen LogP contribution in [0.2, 0.25) is 0 Å². The van der Waals surface area contributed by atoms with Crippen molar-refractivity contribution in [2.45, 2.75) is 138 Å². The summed E-state index contributed by atoms with van der Waals surface area (Å²) in [6.07, 6.45) is 14.4. The van der Waals surface area contributed by atoms with Crippen molar-refractivity contribution in [2.75, 3.05) is 26.2 Å². The van der Waals surface area contributed by atoms with E-state index in [1.165, 1.54) is 11.0 Å². The Balaban J connectivity index is 1.07. The Bertz CT molecular complexity index is 2310. The third kappa shape index (κ3) is 9.18. The largest absolute Gasteiger partial charge is 0.483 e. The summed E-state index contributed by atoms with van der Waals surface area (Å²) in [4.78, 5) is 78.8. The number of para-hydroxylation sites is 1. The minimum absolute atomic E-state index is 0.00654. The maximum atomic E-state index is 15.1. The van der Waals surface area contributed by atoms with Crippen LogP contribution in [0, 0.1) is 17.8 Å². The molecule has 3 N–H and O–H groups in total. The average Bonchev–Trinajstić information content (AvgIpc) is 3.85. The number of rotatable bonds is 10. The van der Waals surface area contributed by atoms with E-state index < -0.39 is 68.7 Å². The number of carbonyl (C=O) groups is 5. The number of amides is 5. The van der Waals surface area contributed by atoms with E-state index in [2.05, 4.69) is 28.0 Å². The van der Waals surface area contributed by atoms with Crippen LogP contribution in [-0.4, -0.2) is 114 Å². The summed E-state index contributed by atoms with van der Waals surface area (Å²) in [5.41, 5.74) is -0.386. The van der Waals surface area contributed by atoms with Crippen molar-refractivity contribution in [3.63, 3.8) is 0 Å². The lowest BCUT2D eigenvalue weighted by Crippen LogP contribution is -2.59. The predicted octanol–water partition coefficient (Wildman–Crippen LogP) is 4.60. The lowest BCUT2D eigenvalue weighted by Gasteiger charge is -2.32. The van der Waals surface area contributed by atoms with Gasteiger partial charge in [0.15, 0.2) is 6.61 Å². The standard InChI is InChI=1S/C47H60N6O10S/c1-2-31-26-47(31,45(57)51-64(59,60)33-21-22-33)50-42(55)37-25-32-27-53(37)44(56)40(30-14-6-7-15-30)49-46(58)63-38-20-12-16-29(38)13-4-3-5-18-35-41(61-28-39(54)52-23-10-11-24-52)34-17-8-9-19-36(34)48-43(35)62-32/h2-3,5,8-9,17,19,29-33,37-38,40H,1,4,6-7,10-16,18,20-28H2,(H,49,58)(H,50,55)(H,51,57)/b5-3-/t29-,31-,32-,37+,38-,40+,47-/m1/s1. The van der Waals surface area contributed by atoms with E-state index in [1.54, 1.807) is 0 Å². The van der Waals surface area contributed by atoms with Gasteiger partial charge in [0.2, 0.25) is 27.7 Å². The van der Waals surface area contributed by atoms with Crippen LogP contribution in [-0.2, 0) is 40.4 Å². The smallest absolute Gasteiger partial charge is 0.408 e. The molecule has 6 fully saturated rings. The first-order valence-electron chi connectivity index (χ1n) is 23.4. The molecular formula is C47H60N6O10S. The zero-order valence-electron chi connectivity index (χ0n) is 36.3. The topological polar surface area (TPSA) is 203 Å². The zero-order chi connectivity index (χ0) is 44.6. The van der Waals surface area contributed by atoms with Gasteiger partial charge in [-0.2, -0.15) is 0 Å². The first-order valence-corrected chi connectivity index (χ1v) is 24.9. The number of ether oxygens (including phenoxy) is 3. The molecule has 7 atom stereocenters. The molecule has 5 amide bonds. The van der Waals surface area contributed by atoms with Crippen LogP contribution in [0.25, 0.3) is 10.9 Å². The van der Waals surface area contributed by atoms with E-state index in [4.69, 9.17) is 19.2 Å². The van der Waals surface area contributed by atoms with Gasteiger partial charge in [0.05, 0.1) is 22.9 Å². The number of likely N-dealkylation sites (tertiary alicyclic amines) is 1. The molecule has 1 aromatic heterocycles. The number of pyridine rings is 1. The summed E-state index contributed by atoms with van der Waals surface area (Å²) >= 11 is 0. The number of hydrogen-bond acceptors (Lipinski definition) is 11. The number of nitrogens with zero attached hydrogens (tertiary/aromatic N) is 3. The third-order valence-electron chi connectivity index (χ3n) is 14.5. The van der Waals surface area contributed by atoms with Crippen molar-refractivity contribution >= 4 is 50.6 Å². The van der Waals surface area contributed by atoms with E-state index in [-0.39, 0.29) is 55.7 Å². The molecule has 1 aromatic carbocycles. The number of benzene rings is 1. The highest BCUT2D eigenvalue weighted by molar-refractivity contribution is 7.91. The number of sulfonamides is 1. The molecule has 2 saturated heterocycles. The summed E-state index contributed by atoms with van der Waals surface area (Å²) in [6, 6.07) is 5.32. The van der Waals surface area contributed by atoms with Gasteiger partial charge in [0.25, 0.3) is 11.8 Å². The van der Waals surface area contributed by atoms with Gasteiger partial charge in [-0.25, -0.2) is 18.2 Å². The SMILES string of the molecule is C=C[C@@H]1C[C@]1(NC(=O)[C@@H]1C[C@@H]2CN1C(=O)[C@H](C1CCCC1)NC(=O)O[C@@H]1CCC[C@H]1CC/C=C\Cc1c(nc3ccccc3c1OCC(=O)N1CCCC1)O2)C(=O)NS(=O)(=O)C1CC1. The summed E-state index contributed by atoms with van der Waals surface area (Å²) in [5.74, 6) is -1.96. The Morgan fingerprint density at radius 2 is 1.72 bits per heavy atom. The Hall–Kier alpha value is -5.19. The van der Waals surface area contributed by atoms with Crippen LogP contribution in [0.1, 0.15) is 102 Å². The van der Waals surface area contributed by atoms with Gasteiger partial charge in [-0.3, -0.25) is 23.9 Å². The molecule has 2 aromatic rings. The number of alkyl carbamates (subject to hydrolysis) is 1. The second-order valence-corrected chi connectivity index (χ2v) is 20.8. The minimum Gasteiger partial charge on any atom is -0.483 e. The van der Waals surface area contributed by atoms with Gasteiger partial charge in [-0.15, -0.1) is 6.58 Å². The number of hydrogen-bond donors (Lipinski definition) is 3. The van der Waals surface area contributed by atoms with Crippen LogP contribution in [0.15, 0.2) is 49.1 Å². The van der Waals surface area contributed by atoms with Crippen molar-refractivity contribution in [3.05, 3.63) is 54.6 Å². The van der Waals surface area contributed by atoms with Gasteiger partial charge in [-0.05, 0) is 107 Å². The Morgan fingerprint density at radius 3 is 2.47 bits per heavy atom. The monoisotopic (exact) mass is 900 g/mol. The lowest BCUT2D eigenvalue weighted by atomic mass is 9.96. The van der Waals surface area contributed by atoms with Crippen molar-refractivity contribution < 1.29 is 46.6 Å². The van der Waals surface area contributed by atoms with Crippen LogP contribution < -0.4 is 24.8 Å². The van der Waals surface area contributed by atoms with E-state index in [1.807, 2.05) is 35.2 Å². The molecule has 4 saturated carbocycles. The summed E-state index contributed by atoms with van der Waals surface area (Å²) in [7, 11) is -3.93. The fourth-order valence-corrected chi connectivity index (χ4v) is 12.0. The molecule has 64 heavy (non-hydrogen) atoms. The molecule has 0 unspecified atom stereocenters. The van der Waals surface area contributed by atoms with Gasteiger partial charge >= 0.3 is 6.09 Å². The van der Waals surface area contributed by atoms with Crippen LogP contribution in [0.3, 0.4) is 0 Å². The normalized spacial score (nSPS) is 30.5. The maximum absolute atomic E-state index is 15.1. The first-order chi connectivity index (χ1) is 30.9. The molecule has 17 heteroatoms. The quantitative estimate of drug-likeness (QED) is 0.282. The number of allylic oxidation sites excluding steroid dienone is 2. The van der Waals surface area contributed by atoms with Crippen molar-refractivity contribution in [1.29, 1.82) is 0 Å². The van der Waals surface area contributed by atoms with E-state index in [0.717, 1.165) is 57.8 Å². The summed E-state index contributed by atoms with van der Waals surface area (Å²) in [5, 5.41) is 5.87. The zero-order valence-corrected chi connectivity index (χ0v) is 37.2. The molecule has 344 valence electrons. The number of carbonyl (C=O) groups excluding carboxylic acids is 5. The molecular weight excluding hydrogens is 841 g/mol. The molecule has 4 aliphatic carbocycles. The molecule has 3 aliphatic heterocycles. The minimum atomic E-state index is -3.93. The van der Waals surface area contributed by atoms with Crippen LogP contribution in [0.4, 0.5) is 4.79 Å². The molecule has 9 rings (SSSR count). The van der Waals surface area contributed by atoms with Gasteiger partial charge in [0.1, 0.15) is 35.6 Å². The molecule has 2 bridgehead atoms. The molecule has 4 heterocycles. The second kappa shape index (κ2) is 18.4. The Kier molecular flexibility index (Phi) is 12.6. The van der Waals surface area contributed by atoms with Crippen LogP contribution in [0.5, 0.6) is 11.6 Å². The fourth-order valence-electron chi connectivity index (χ4n) is 10.7. The number of fused-ring (bicyclic) bond motifs is 5. The van der Waals surface area contributed by atoms with Crippen molar-refractivity contribution in [3.8, 4) is 11.6 Å². The highest BCUT2D eigenvalue weighted by Gasteiger charge is 2.62. The number of nitrogens with one attached hydrogen (secondary N) is 3. The van der Waals surface area contributed by atoms with Gasteiger partial charge in [-0.1, -0.05) is 43.2 Å².